The quantitative estimate of drug-likeness (QED) is 0.599. The lowest BCUT2D eigenvalue weighted by molar-refractivity contribution is -0.125. The number of benzene rings is 2. The molecule has 1 aliphatic rings. The van der Waals surface area contributed by atoms with Gasteiger partial charge in [-0.3, -0.25) is 9.59 Å². The summed E-state index contributed by atoms with van der Waals surface area (Å²) in [6.45, 7) is 8.99. The van der Waals surface area contributed by atoms with Crippen molar-refractivity contribution in [3.63, 3.8) is 0 Å². The summed E-state index contributed by atoms with van der Waals surface area (Å²) in [5, 5.41) is 3.05. The molecule has 0 atom stereocenters. The van der Waals surface area contributed by atoms with Crippen molar-refractivity contribution in [1.82, 2.24) is 0 Å². The topological polar surface area (TPSA) is 67.9 Å². The van der Waals surface area contributed by atoms with Gasteiger partial charge in [0.1, 0.15) is 6.42 Å². The van der Waals surface area contributed by atoms with Crippen LogP contribution in [-0.2, 0) is 16.0 Å². The first-order valence-corrected chi connectivity index (χ1v) is 11.2. The zero-order valence-corrected chi connectivity index (χ0v) is 20.0. The fourth-order valence-electron chi connectivity index (χ4n) is 4.28. The van der Waals surface area contributed by atoms with Gasteiger partial charge in [0.2, 0.25) is 11.8 Å². The Morgan fingerprint density at radius 1 is 1.00 bits per heavy atom. The normalized spacial score (nSPS) is 13.2. The molecule has 0 saturated heterocycles. The fraction of sp³-hybridized carbons (Fsp3) is 0.462. The third-order valence-corrected chi connectivity index (χ3v) is 5.95. The number of para-hydroxylation sites is 1. The van der Waals surface area contributed by atoms with Crippen molar-refractivity contribution >= 4 is 23.2 Å². The van der Waals surface area contributed by atoms with E-state index in [9.17, 15) is 9.59 Å². The maximum Gasteiger partial charge on any atom is 0.236 e. The van der Waals surface area contributed by atoms with Crippen LogP contribution in [0.3, 0.4) is 0 Å². The van der Waals surface area contributed by atoms with E-state index < -0.39 is 0 Å². The Bertz CT molecular complexity index is 971. The molecule has 0 bridgehead atoms. The molecule has 1 heterocycles. The average Bonchev–Trinajstić information content (AvgIpc) is 2.77. The van der Waals surface area contributed by atoms with E-state index in [0.29, 0.717) is 18.0 Å². The van der Waals surface area contributed by atoms with Crippen LogP contribution in [0.1, 0.15) is 69.1 Å². The van der Waals surface area contributed by atoms with Gasteiger partial charge in [0.05, 0.1) is 19.9 Å². The number of carbonyl (C=O) groups is 2. The average molecular weight is 439 g/mol. The van der Waals surface area contributed by atoms with Crippen LogP contribution in [0.2, 0.25) is 0 Å². The first-order chi connectivity index (χ1) is 15.3. The number of ether oxygens (including phenoxy) is 2. The molecule has 6 nitrogen and oxygen atoms in total. The number of fused-ring (bicyclic) bond motifs is 1. The van der Waals surface area contributed by atoms with Gasteiger partial charge in [0.15, 0.2) is 11.5 Å². The van der Waals surface area contributed by atoms with Gasteiger partial charge in [-0.1, -0.05) is 45.9 Å². The Balaban J connectivity index is 1.82. The molecule has 32 heavy (non-hydrogen) atoms. The maximum atomic E-state index is 13.1. The molecule has 0 unspecified atom stereocenters. The number of hydrogen-bond donors (Lipinski definition) is 1. The van der Waals surface area contributed by atoms with E-state index in [4.69, 9.17) is 9.47 Å². The van der Waals surface area contributed by atoms with Gasteiger partial charge in [-0.15, -0.1) is 0 Å². The highest BCUT2D eigenvalue weighted by Crippen LogP contribution is 2.38. The van der Waals surface area contributed by atoms with Crippen molar-refractivity contribution in [2.45, 2.75) is 58.8 Å². The standard InChI is InChI=1S/C26H34N2O4/c1-16(2)19-10-7-11-20(17(3)4)26(19)27-24(29)15-25(30)28-12-8-9-18-13-22(31-5)23(32-6)14-21(18)28/h7,10-11,13-14,16-17H,8-9,12,15H2,1-6H3,(H,27,29). The molecule has 1 N–H and O–H groups in total. The summed E-state index contributed by atoms with van der Waals surface area (Å²) in [6.07, 6.45) is 1.48. The number of nitrogens with one attached hydrogen (secondary N) is 1. The first kappa shape index (κ1) is 23.6. The third-order valence-electron chi connectivity index (χ3n) is 5.95. The Kier molecular flexibility index (Phi) is 7.44. The van der Waals surface area contributed by atoms with Crippen molar-refractivity contribution in [3.8, 4) is 11.5 Å². The van der Waals surface area contributed by atoms with Crippen LogP contribution < -0.4 is 19.7 Å². The largest absolute Gasteiger partial charge is 0.493 e. The van der Waals surface area contributed by atoms with Crippen LogP contribution in [0.5, 0.6) is 11.5 Å². The van der Waals surface area contributed by atoms with Crippen LogP contribution in [0.15, 0.2) is 30.3 Å². The SMILES string of the molecule is COc1cc2c(cc1OC)N(C(=O)CC(=O)Nc1c(C(C)C)cccc1C(C)C)CCC2. The molecular formula is C26H34N2O4. The molecule has 2 aromatic carbocycles. The van der Waals surface area contributed by atoms with E-state index in [-0.39, 0.29) is 30.1 Å². The lowest BCUT2D eigenvalue weighted by Crippen LogP contribution is -2.37. The Morgan fingerprint density at radius 3 is 2.16 bits per heavy atom. The molecule has 0 fully saturated rings. The number of nitrogens with zero attached hydrogens (tertiary/aromatic N) is 1. The minimum absolute atomic E-state index is 0.211. The maximum absolute atomic E-state index is 13.1. The zero-order valence-electron chi connectivity index (χ0n) is 20.0. The molecule has 0 saturated carbocycles. The molecule has 0 aliphatic carbocycles. The van der Waals surface area contributed by atoms with Crippen LogP contribution in [0, 0.1) is 0 Å². The lowest BCUT2D eigenvalue weighted by Gasteiger charge is -2.30. The van der Waals surface area contributed by atoms with Crippen molar-refractivity contribution < 1.29 is 19.1 Å². The van der Waals surface area contributed by atoms with E-state index in [1.54, 1.807) is 19.1 Å². The van der Waals surface area contributed by atoms with Gasteiger partial charge in [-0.05, 0) is 47.4 Å². The van der Waals surface area contributed by atoms with Gasteiger partial charge in [0.25, 0.3) is 0 Å². The summed E-state index contributed by atoms with van der Waals surface area (Å²) in [5.41, 5.74) is 4.81. The lowest BCUT2D eigenvalue weighted by atomic mass is 9.92. The number of anilines is 2. The summed E-state index contributed by atoms with van der Waals surface area (Å²) < 4.78 is 10.8. The van der Waals surface area contributed by atoms with Gasteiger partial charge < -0.3 is 19.7 Å². The highest BCUT2D eigenvalue weighted by atomic mass is 16.5. The summed E-state index contributed by atoms with van der Waals surface area (Å²) in [4.78, 5) is 27.8. The van der Waals surface area contributed by atoms with Gasteiger partial charge in [0, 0.05) is 18.3 Å². The third kappa shape index (κ3) is 4.90. The second-order valence-corrected chi connectivity index (χ2v) is 8.83. The van der Waals surface area contributed by atoms with E-state index in [2.05, 4.69) is 33.0 Å². The molecule has 2 amide bonds. The van der Waals surface area contributed by atoms with Gasteiger partial charge in [-0.25, -0.2) is 0 Å². The van der Waals surface area contributed by atoms with Crippen molar-refractivity contribution in [2.24, 2.45) is 0 Å². The minimum Gasteiger partial charge on any atom is -0.493 e. The van der Waals surface area contributed by atoms with Crippen molar-refractivity contribution in [2.75, 3.05) is 31.0 Å². The fourth-order valence-corrected chi connectivity index (χ4v) is 4.28. The molecular weight excluding hydrogens is 404 g/mol. The van der Waals surface area contributed by atoms with Gasteiger partial charge >= 0.3 is 0 Å². The first-order valence-electron chi connectivity index (χ1n) is 11.2. The molecule has 0 spiro atoms. The summed E-state index contributed by atoms with van der Waals surface area (Å²) in [6, 6.07) is 9.84. The van der Waals surface area contributed by atoms with Gasteiger partial charge in [-0.2, -0.15) is 0 Å². The zero-order chi connectivity index (χ0) is 23.4. The monoisotopic (exact) mass is 438 g/mol. The number of rotatable bonds is 7. The molecule has 1 aliphatic heterocycles. The van der Waals surface area contributed by atoms with Crippen LogP contribution in [0.25, 0.3) is 0 Å². The van der Waals surface area contributed by atoms with Crippen LogP contribution in [0.4, 0.5) is 11.4 Å². The number of amides is 2. The van der Waals surface area contributed by atoms with Crippen molar-refractivity contribution in [3.05, 3.63) is 47.0 Å². The van der Waals surface area contributed by atoms with E-state index >= 15 is 0 Å². The Morgan fingerprint density at radius 2 is 1.59 bits per heavy atom. The molecule has 6 heteroatoms. The molecule has 2 aromatic rings. The highest BCUT2D eigenvalue weighted by molar-refractivity contribution is 6.10. The molecule has 0 radical (unpaired) electrons. The van der Waals surface area contributed by atoms with Crippen LogP contribution >= 0.6 is 0 Å². The minimum atomic E-state index is -0.294. The Labute approximate surface area is 190 Å². The molecule has 0 aromatic heterocycles. The summed E-state index contributed by atoms with van der Waals surface area (Å²) in [5.74, 6) is 1.22. The molecule has 172 valence electrons. The Hall–Kier alpha value is -3.02. The highest BCUT2D eigenvalue weighted by Gasteiger charge is 2.27. The molecule has 3 rings (SSSR count). The summed E-state index contributed by atoms with van der Waals surface area (Å²) >= 11 is 0. The second-order valence-electron chi connectivity index (χ2n) is 8.83. The number of methoxy groups -OCH3 is 2. The number of carbonyl (C=O) groups excluding carboxylic acids is 2. The second kappa shape index (κ2) is 10.1. The number of hydrogen-bond acceptors (Lipinski definition) is 4. The summed E-state index contributed by atoms with van der Waals surface area (Å²) in [7, 11) is 3.17. The van der Waals surface area contributed by atoms with E-state index in [0.717, 1.165) is 40.9 Å². The van der Waals surface area contributed by atoms with E-state index in [1.807, 2.05) is 30.3 Å². The van der Waals surface area contributed by atoms with E-state index in [1.165, 1.54) is 0 Å². The smallest absolute Gasteiger partial charge is 0.236 e. The predicted molar refractivity (Wildman–Crippen MR) is 128 cm³/mol. The number of aryl methyl sites for hydroxylation is 1. The van der Waals surface area contributed by atoms with Crippen molar-refractivity contribution in [1.29, 1.82) is 0 Å². The van der Waals surface area contributed by atoms with Crippen LogP contribution in [-0.4, -0.2) is 32.6 Å². The predicted octanol–water partition coefficient (Wildman–Crippen LogP) is 5.26.